The molecule has 0 aromatic rings. The molecule has 0 unspecified atom stereocenters. The molecule has 3 atom stereocenters. The van der Waals surface area contributed by atoms with Gasteiger partial charge in [0.25, 0.3) is 0 Å². The second-order valence-electron chi connectivity index (χ2n) is 5.71. The third kappa shape index (κ3) is 3.23. The molecule has 0 aliphatic carbocycles. The summed E-state index contributed by atoms with van der Waals surface area (Å²) in [5, 5.41) is 10.1. The summed E-state index contributed by atoms with van der Waals surface area (Å²) in [7, 11) is -1.68. The first-order chi connectivity index (χ1) is 8.38. The molecule has 106 valence electrons. The fourth-order valence-electron chi connectivity index (χ4n) is 3.26. The highest BCUT2D eigenvalue weighted by molar-refractivity contribution is 7.88. The lowest BCUT2D eigenvalue weighted by Crippen LogP contribution is -2.47. The molecule has 2 fully saturated rings. The molecule has 2 heterocycles. The van der Waals surface area contributed by atoms with Crippen molar-refractivity contribution >= 4 is 10.0 Å². The Morgan fingerprint density at radius 3 is 2.33 bits per heavy atom. The maximum absolute atomic E-state index is 11.3. The van der Waals surface area contributed by atoms with Gasteiger partial charge < -0.3 is 5.11 Å². The lowest BCUT2D eigenvalue weighted by atomic mass is 10.0. The minimum atomic E-state index is -3.20. The van der Waals surface area contributed by atoms with Gasteiger partial charge in [0.05, 0.1) is 12.4 Å². The van der Waals surface area contributed by atoms with Gasteiger partial charge in [0.1, 0.15) is 0 Å². The molecule has 6 heteroatoms. The Bertz CT molecular complexity index is 369. The van der Waals surface area contributed by atoms with Crippen molar-refractivity contribution in [3.8, 4) is 0 Å². The van der Waals surface area contributed by atoms with Gasteiger partial charge in [0.15, 0.2) is 0 Å². The summed E-state index contributed by atoms with van der Waals surface area (Å²) >= 11 is 0. The van der Waals surface area contributed by atoms with Crippen molar-refractivity contribution in [1.82, 2.24) is 9.21 Å². The Morgan fingerprint density at radius 1 is 1.28 bits per heavy atom. The van der Waals surface area contributed by atoms with Crippen molar-refractivity contribution in [3.63, 3.8) is 0 Å². The van der Waals surface area contributed by atoms with E-state index >= 15 is 0 Å². The van der Waals surface area contributed by atoms with Gasteiger partial charge in [0, 0.05) is 32.2 Å². The van der Waals surface area contributed by atoms with Crippen LogP contribution >= 0.6 is 0 Å². The van der Waals surface area contributed by atoms with Crippen LogP contribution in [0.4, 0.5) is 0 Å². The molecule has 2 saturated heterocycles. The summed E-state index contributed by atoms with van der Waals surface area (Å²) in [6, 6.07) is 1.23. The van der Waals surface area contributed by atoms with Crippen molar-refractivity contribution in [1.29, 1.82) is 0 Å². The van der Waals surface area contributed by atoms with Crippen molar-refractivity contribution in [2.24, 2.45) is 0 Å². The van der Waals surface area contributed by atoms with E-state index < -0.39 is 16.1 Å². The standard InChI is InChI=1S/C12H24N2O3S/c1-13(18(2,16)17)8-12(15)9-14-10-4-3-5-11(14)7-6-10/h10-12,15H,3-9H2,1-2H3/t10-,11+,12-/m1/s1. The first-order valence-corrected chi connectivity index (χ1v) is 8.58. The summed E-state index contributed by atoms with van der Waals surface area (Å²) in [5.74, 6) is 0. The van der Waals surface area contributed by atoms with Gasteiger partial charge in [-0.15, -0.1) is 0 Å². The van der Waals surface area contributed by atoms with Crippen LogP contribution in [-0.2, 0) is 10.0 Å². The number of fused-ring (bicyclic) bond motifs is 2. The van der Waals surface area contributed by atoms with Gasteiger partial charge in [-0.2, -0.15) is 0 Å². The van der Waals surface area contributed by atoms with Crippen molar-refractivity contribution in [2.75, 3.05) is 26.4 Å². The third-order valence-electron chi connectivity index (χ3n) is 4.30. The second-order valence-corrected chi connectivity index (χ2v) is 7.80. The van der Waals surface area contributed by atoms with E-state index in [9.17, 15) is 13.5 Å². The molecule has 2 bridgehead atoms. The molecule has 5 nitrogen and oxygen atoms in total. The summed E-state index contributed by atoms with van der Waals surface area (Å²) < 4.78 is 23.8. The number of sulfonamides is 1. The van der Waals surface area contributed by atoms with Crippen molar-refractivity contribution in [3.05, 3.63) is 0 Å². The van der Waals surface area contributed by atoms with Crippen molar-refractivity contribution in [2.45, 2.75) is 50.3 Å². The lowest BCUT2D eigenvalue weighted by Gasteiger charge is -2.36. The SMILES string of the molecule is CN(C[C@@H](O)CN1[C@@H]2CCC[C@H]1CC2)S(C)(=O)=O. The highest BCUT2D eigenvalue weighted by Gasteiger charge is 2.37. The quantitative estimate of drug-likeness (QED) is 0.782. The molecular weight excluding hydrogens is 252 g/mol. The number of hydrogen-bond donors (Lipinski definition) is 1. The molecule has 2 aliphatic heterocycles. The van der Waals surface area contributed by atoms with Crippen LogP contribution in [0.5, 0.6) is 0 Å². The highest BCUT2D eigenvalue weighted by atomic mass is 32.2. The molecule has 0 saturated carbocycles. The molecule has 18 heavy (non-hydrogen) atoms. The largest absolute Gasteiger partial charge is 0.390 e. The average molecular weight is 276 g/mol. The fraction of sp³-hybridized carbons (Fsp3) is 1.00. The van der Waals surface area contributed by atoms with Crippen molar-refractivity contribution < 1.29 is 13.5 Å². The number of nitrogens with zero attached hydrogens (tertiary/aromatic N) is 2. The molecule has 0 radical (unpaired) electrons. The highest BCUT2D eigenvalue weighted by Crippen LogP contribution is 2.35. The van der Waals surface area contributed by atoms with E-state index in [0.29, 0.717) is 18.6 Å². The van der Waals surface area contributed by atoms with Gasteiger partial charge in [0.2, 0.25) is 10.0 Å². The molecule has 0 aromatic heterocycles. The zero-order valence-corrected chi connectivity index (χ0v) is 12.1. The van der Waals surface area contributed by atoms with E-state index in [1.165, 1.54) is 49.7 Å². The van der Waals surface area contributed by atoms with Crippen LogP contribution in [0.25, 0.3) is 0 Å². The molecule has 1 N–H and O–H groups in total. The Balaban J connectivity index is 1.86. The minimum absolute atomic E-state index is 0.189. The maximum Gasteiger partial charge on any atom is 0.211 e. The Labute approximate surface area is 110 Å². The monoisotopic (exact) mass is 276 g/mol. The van der Waals surface area contributed by atoms with Gasteiger partial charge in [-0.1, -0.05) is 6.42 Å². The summed E-state index contributed by atoms with van der Waals surface area (Å²) in [6.07, 6.45) is 6.80. The zero-order valence-electron chi connectivity index (χ0n) is 11.2. The fourth-order valence-corrected chi connectivity index (χ4v) is 3.70. The smallest absolute Gasteiger partial charge is 0.211 e. The zero-order chi connectivity index (χ0) is 13.3. The Morgan fingerprint density at radius 2 is 1.83 bits per heavy atom. The molecule has 0 amide bonds. The number of hydrogen-bond acceptors (Lipinski definition) is 4. The molecule has 2 aliphatic rings. The summed E-state index contributed by atoms with van der Waals surface area (Å²) in [6.45, 7) is 0.796. The number of aliphatic hydroxyl groups excluding tert-OH is 1. The Kier molecular flexibility index (Phi) is 4.31. The number of likely N-dealkylation sites (N-methyl/N-ethyl adjacent to an activating group) is 1. The molecule has 0 spiro atoms. The minimum Gasteiger partial charge on any atom is -0.390 e. The Hall–Kier alpha value is -0.170. The molecular formula is C12H24N2O3S. The van der Waals surface area contributed by atoms with Gasteiger partial charge >= 0.3 is 0 Å². The predicted octanol–water partition coefficient (Wildman–Crippen LogP) is 0.256. The van der Waals surface area contributed by atoms with Crippen LogP contribution in [0, 0.1) is 0 Å². The van der Waals surface area contributed by atoms with Crippen LogP contribution in [-0.4, -0.2) is 67.3 Å². The van der Waals surface area contributed by atoms with E-state index in [1.807, 2.05) is 0 Å². The number of rotatable bonds is 5. The first-order valence-electron chi connectivity index (χ1n) is 6.73. The summed E-state index contributed by atoms with van der Waals surface area (Å²) in [4.78, 5) is 2.39. The molecule has 2 rings (SSSR count). The van der Waals surface area contributed by atoms with E-state index in [-0.39, 0.29) is 6.54 Å². The lowest BCUT2D eigenvalue weighted by molar-refractivity contribution is 0.0551. The van der Waals surface area contributed by atoms with E-state index in [4.69, 9.17) is 0 Å². The van der Waals surface area contributed by atoms with Gasteiger partial charge in [-0.3, -0.25) is 4.90 Å². The van der Waals surface area contributed by atoms with E-state index in [1.54, 1.807) is 0 Å². The topological polar surface area (TPSA) is 60.9 Å². The van der Waals surface area contributed by atoms with Crippen LogP contribution in [0.15, 0.2) is 0 Å². The third-order valence-corrected chi connectivity index (χ3v) is 5.58. The maximum atomic E-state index is 11.3. The van der Waals surface area contributed by atoms with Crippen LogP contribution in [0.3, 0.4) is 0 Å². The number of aliphatic hydroxyl groups is 1. The van der Waals surface area contributed by atoms with E-state index in [0.717, 1.165) is 0 Å². The van der Waals surface area contributed by atoms with Crippen LogP contribution < -0.4 is 0 Å². The van der Waals surface area contributed by atoms with E-state index in [2.05, 4.69) is 4.90 Å². The number of piperidine rings is 1. The van der Waals surface area contributed by atoms with Crippen LogP contribution in [0.2, 0.25) is 0 Å². The van der Waals surface area contributed by atoms with Crippen LogP contribution in [0.1, 0.15) is 32.1 Å². The van der Waals surface area contributed by atoms with Gasteiger partial charge in [-0.05, 0) is 25.7 Å². The second kappa shape index (κ2) is 5.45. The average Bonchev–Trinajstić information content (AvgIpc) is 2.49. The molecule has 0 aromatic carbocycles. The summed E-state index contributed by atoms with van der Waals surface area (Å²) in [5.41, 5.74) is 0. The normalized spacial score (nSPS) is 30.9. The van der Waals surface area contributed by atoms with Gasteiger partial charge in [-0.25, -0.2) is 12.7 Å². The first kappa shape index (κ1) is 14.2. The predicted molar refractivity (Wildman–Crippen MR) is 70.8 cm³/mol.